The highest BCUT2D eigenvalue weighted by molar-refractivity contribution is 6.30. The molecule has 4 aromatic rings. The molecular formula is C24H21ClN4O2. The Balaban J connectivity index is 1.42. The number of rotatable bonds is 7. The Bertz CT molecular complexity index is 1140. The van der Waals surface area contributed by atoms with Gasteiger partial charge >= 0.3 is 0 Å². The maximum absolute atomic E-state index is 12.9. The Hall–Kier alpha value is -3.64. The summed E-state index contributed by atoms with van der Waals surface area (Å²) in [6.45, 7) is 2.29. The summed E-state index contributed by atoms with van der Waals surface area (Å²) in [4.78, 5) is 16.9. The number of nitrogens with one attached hydrogen (secondary N) is 1. The van der Waals surface area contributed by atoms with Crippen LogP contribution in [0.3, 0.4) is 0 Å². The van der Waals surface area contributed by atoms with Gasteiger partial charge in [0.15, 0.2) is 0 Å². The van der Waals surface area contributed by atoms with Crippen molar-refractivity contribution in [1.82, 2.24) is 20.1 Å². The van der Waals surface area contributed by atoms with Crippen LogP contribution in [0.2, 0.25) is 5.02 Å². The molecular weight excluding hydrogens is 412 g/mol. The molecule has 156 valence electrons. The molecule has 1 heterocycles. The molecule has 1 aromatic heterocycles. The maximum atomic E-state index is 12.9. The van der Waals surface area contributed by atoms with Crippen LogP contribution in [0.4, 0.5) is 0 Å². The van der Waals surface area contributed by atoms with Gasteiger partial charge < -0.3 is 10.1 Å². The summed E-state index contributed by atoms with van der Waals surface area (Å²) in [5, 5.41) is 7.83. The molecule has 6 nitrogen and oxygen atoms in total. The van der Waals surface area contributed by atoms with Crippen LogP contribution < -0.4 is 10.1 Å². The second-order valence-corrected chi connectivity index (χ2v) is 7.47. The minimum Gasteiger partial charge on any atom is -0.488 e. The smallest absolute Gasteiger partial charge is 0.255 e. The van der Waals surface area contributed by atoms with Gasteiger partial charge in [0.25, 0.3) is 5.91 Å². The van der Waals surface area contributed by atoms with E-state index in [2.05, 4.69) is 15.4 Å². The van der Waals surface area contributed by atoms with Crippen LogP contribution in [0.15, 0.2) is 85.5 Å². The van der Waals surface area contributed by atoms with Crippen molar-refractivity contribution in [2.75, 3.05) is 0 Å². The highest BCUT2D eigenvalue weighted by Gasteiger charge is 2.16. The van der Waals surface area contributed by atoms with E-state index in [9.17, 15) is 4.79 Å². The first-order valence-electron chi connectivity index (χ1n) is 9.82. The second-order valence-electron chi connectivity index (χ2n) is 7.04. The fraction of sp³-hybridized carbons (Fsp3) is 0.125. The van der Waals surface area contributed by atoms with Gasteiger partial charge in [-0.05, 0) is 54.4 Å². The molecule has 0 radical (unpaired) electrons. The standard InChI is InChI=1S/C24H21ClN4O2/c1-17(19-8-12-21(13-9-19)29-16-26-15-27-29)28-24(30)22-4-2-3-5-23(22)31-14-18-6-10-20(25)11-7-18/h2-13,15-17H,14H2,1H3,(H,28,30). The van der Waals surface area contributed by atoms with Crippen LogP contribution >= 0.6 is 11.6 Å². The van der Waals surface area contributed by atoms with Gasteiger partial charge in [-0.1, -0.05) is 48.0 Å². The second kappa shape index (κ2) is 9.45. The highest BCUT2D eigenvalue weighted by atomic mass is 35.5. The van der Waals surface area contributed by atoms with Crippen molar-refractivity contribution < 1.29 is 9.53 Å². The van der Waals surface area contributed by atoms with Gasteiger partial charge in [0.2, 0.25) is 0 Å². The summed E-state index contributed by atoms with van der Waals surface area (Å²) < 4.78 is 7.59. The maximum Gasteiger partial charge on any atom is 0.255 e. The summed E-state index contributed by atoms with van der Waals surface area (Å²) in [6, 6.07) is 22.3. The monoisotopic (exact) mass is 432 g/mol. The molecule has 1 unspecified atom stereocenters. The zero-order chi connectivity index (χ0) is 21.6. The zero-order valence-electron chi connectivity index (χ0n) is 16.9. The summed E-state index contributed by atoms with van der Waals surface area (Å²) >= 11 is 5.93. The Labute approximate surface area is 185 Å². The van der Waals surface area contributed by atoms with E-state index >= 15 is 0 Å². The zero-order valence-corrected chi connectivity index (χ0v) is 17.7. The number of ether oxygens (including phenoxy) is 1. The minimum atomic E-state index is -0.195. The average Bonchev–Trinajstić information content (AvgIpc) is 3.34. The molecule has 0 aliphatic carbocycles. The first-order chi connectivity index (χ1) is 15.1. The molecule has 0 aliphatic rings. The predicted octanol–water partition coefficient (Wildman–Crippen LogP) is 4.99. The lowest BCUT2D eigenvalue weighted by molar-refractivity contribution is 0.0935. The summed E-state index contributed by atoms with van der Waals surface area (Å²) in [7, 11) is 0. The van der Waals surface area contributed by atoms with E-state index in [0.29, 0.717) is 22.9 Å². The van der Waals surface area contributed by atoms with Crippen LogP contribution in [0.5, 0.6) is 5.75 Å². The molecule has 1 amide bonds. The third kappa shape index (κ3) is 5.10. The van der Waals surface area contributed by atoms with Gasteiger partial charge in [0, 0.05) is 5.02 Å². The van der Waals surface area contributed by atoms with E-state index < -0.39 is 0 Å². The lowest BCUT2D eigenvalue weighted by atomic mass is 10.1. The average molecular weight is 433 g/mol. The molecule has 1 N–H and O–H groups in total. The van der Waals surface area contributed by atoms with Crippen molar-refractivity contribution >= 4 is 17.5 Å². The van der Waals surface area contributed by atoms with Crippen molar-refractivity contribution in [2.45, 2.75) is 19.6 Å². The summed E-state index contributed by atoms with van der Waals surface area (Å²) in [5.41, 5.74) is 3.35. The normalized spacial score (nSPS) is 11.7. The number of amides is 1. The molecule has 0 spiro atoms. The number of carbonyl (C=O) groups excluding carboxylic acids is 1. The molecule has 0 saturated heterocycles. The van der Waals surface area contributed by atoms with Crippen LogP contribution in [-0.2, 0) is 6.61 Å². The van der Waals surface area contributed by atoms with Gasteiger partial charge in [-0.2, -0.15) is 5.10 Å². The number of benzene rings is 3. The van der Waals surface area contributed by atoms with Crippen molar-refractivity contribution in [3.05, 3.63) is 107 Å². The largest absolute Gasteiger partial charge is 0.488 e. The first kappa shape index (κ1) is 20.6. The van der Waals surface area contributed by atoms with Gasteiger partial charge in [-0.3, -0.25) is 4.79 Å². The van der Waals surface area contributed by atoms with Gasteiger partial charge in [0.1, 0.15) is 25.0 Å². The molecule has 0 saturated carbocycles. The molecule has 7 heteroatoms. The predicted molar refractivity (Wildman–Crippen MR) is 119 cm³/mol. The van der Waals surface area contributed by atoms with E-state index in [1.165, 1.54) is 6.33 Å². The number of hydrogen-bond donors (Lipinski definition) is 1. The Kier molecular flexibility index (Phi) is 6.29. The van der Waals surface area contributed by atoms with Gasteiger partial charge in [0.05, 0.1) is 17.3 Å². The topological polar surface area (TPSA) is 69.0 Å². The van der Waals surface area contributed by atoms with Crippen molar-refractivity contribution in [3.63, 3.8) is 0 Å². The Morgan fingerprint density at radius 3 is 2.52 bits per heavy atom. The molecule has 1 atom stereocenters. The fourth-order valence-electron chi connectivity index (χ4n) is 3.14. The minimum absolute atomic E-state index is 0.179. The van der Waals surface area contributed by atoms with Gasteiger partial charge in [-0.25, -0.2) is 9.67 Å². The lowest BCUT2D eigenvalue weighted by Crippen LogP contribution is -2.27. The Morgan fingerprint density at radius 2 is 1.81 bits per heavy atom. The van der Waals surface area contributed by atoms with E-state index in [1.54, 1.807) is 23.1 Å². The number of carbonyl (C=O) groups is 1. The molecule has 0 bridgehead atoms. The van der Waals surface area contributed by atoms with Crippen molar-refractivity contribution in [1.29, 1.82) is 0 Å². The highest BCUT2D eigenvalue weighted by Crippen LogP contribution is 2.22. The van der Waals surface area contributed by atoms with Crippen LogP contribution in [0.25, 0.3) is 5.69 Å². The number of hydrogen-bond acceptors (Lipinski definition) is 4. The number of aromatic nitrogens is 3. The van der Waals surface area contributed by atoms with Crippen molar-refractivity contribution in [3.8, 4) is 11.4 Å². The molecule has 4 rings (SSSR count). The number of para-hydroxylation sites is 1. The summed E-state index contributed by atoms with van der Waals surface area (Å²) in [5.74, 6) is 0.336. The van der Waals surface area contributed by atoms with Crippen LogP contribution in [-0.4, -0.2) is 20.7 Å². The molecule has 31 heavy (non-hydrogen) atoms. The molecule has 0 fully saturated rings. The van der Waals surface area contributed by atoms with E-state index in [0.717, 1.165) is 16.8 Å². The third-order valence-corrected chi connectivity index (χ3v) is 5.12. The van der Waals surface area contributed by atoms with Crippen LogP contribution in [0, 0.1) is 0 Å². The van der Waals surface area contributed by atoms with E-state index in [1.807, 2.05) is 67.6 Å². The summed E-state index contributed by atoms with van der Waals surface area (Å²) in [6.07, 6.45) is 3.13. The number of halogens is 1. The van der Waals surface area contributed by atoms with Crippen LogP contribution in [0.1, 0.15) is 34.5 Å². The molecule has 0 aliphatic heterocycles. The van der Waals surface area contributed by atoms with Gasteiger partial charge in [-0.15, -0.1) is 0 Å². The quantitative estimate of drug-likeness (QED) is 0.446. The Morgan fingerprint density at radius 1 is 1.06 bits per heavy atom. The SMILES string of the molecule is CC(NC(=O)c1ccccc1OCc1ccc(Cl)cc1)c1ccc(-n2cncn2)cc1. The first-order valence-corrected chi connectivity index (χ1v) is 10.2. The number of nitrogens with zero attached hydrogens (tertiary/aromatic N) is 3. The molecule has 3 aromatic carbocycles. The third-order valence-electron chi connectivity index (χ3n) is 4.86. The fourth-order valence-corrected chi connectivity index (χ4v) is 3.26. The van der Waals surface area contributed by atoms with Crippen molar-refractivity contribution in [2.24, 2.45) is 0 Å². The van der Waals surface area contributed by atoms with E-state index in [-0.39, 0.29) is 11.9 Å². The lowest BCUT2D eigenvalue weighted by Gasteiger charge is -2.17. The van der Waals surface area contributed by atoms with E-state index in [4.69, 9.17) is 16.3 Å².